The molecule has 0 spiro atoms. The highest BCUT2D eigenvalue weighted by Gasteiger charge is 2.10. The van der Waals surface area contributed by atoms with Gasteiger partial charge in [-0.25, -0.2) is 8.78 Å². The predicted molar refractivity (Wildman–Crippen MR) is 68.9 cm³/mol. The number of nitrogens with two attached hydrogens (primary N) is 1. The van der Waals surface area contributed by atoms with Crippen LogP contribution in [0.25, 0.3) is 0 Å². The van der Waals surface area contributed by atoms with Crippen LogP contribution in [0.1, 0.15) is 5.56 Å². The van der Waals surface area contributed by atoms with E-state index in [4.69, 9.17) is 27.5 Å². The molecule has 2 aromatic rings. The van der Waals surface area contributed by atoms with Crippen molar-refractivity contribution < 1.29 is 13.5 Å². The number of benzene rings is 2. The van der Waals surface area contributed by atoms with Crippen LogP contribution in [0.15, 0.2) is 36.4 Å². The Hall–Kier alpha value is -2.14. The van der Waals surface area contributed by atoms with Crippen LogP contribution in [0.5, 0.6) is 11.5 Å². The minimum Gasteiger partial charge on any atom is -0.456 e. The fourth-order valence-corrected chi connectivity index (χ4v) is 1.68. The van der Waals surface area contributed by atoms with Crippen molar-refractivity contribution in [2.75, 3.05) is 0 Å². The van der Waals surface area contributed by atoms with E-state index in [0.717, 1.165) is 18.2 Å². The molecule has 6 heteroatoms. The van der Waals surface area contributed by atoms with Crippen LogP contribution in [0.2, 0.25) is 5.02 Å². The Morgan fingerprint density at radius 2 is 1.74 bits per heavy atom. The third-order valence-electron chi connectivity index (χ3n) is 2.30. The van der Waals surface area contributed by atoms with Crippen molar-refractivity contribution in [1.29, 1.82) is 5.41 Å². The first-order valence-electron chi connectivity index (χ1n) is 5.23. The smallest absolute Gasteiger partial charge is 0.139 e. The average molecular weight is 283 g/mol. The number of halogens is 3. The number of hydrogen-bond donors (Lipinski definition) is 2. The highest BCUT2D eigenvalue weighted by atomic mass is 35.5. The molecule has 0 atom stereocenters. The first-order chi connectivity index (χ1) is 8.95. The van der Waals surface area contributed by atoms with E-state index in [1.807, 2.05) is 0 Å². The standard InChI is InChI=1S/C13H9ClF2N2O/c14-7-1-2-11(13(17)18)12(3-7)19-10-5-8(15)4-9(16)6-10/h1-6H,(H3,17,18). The SMILES string of the molecule is N=C(N)c1ccc(Cl)cc1Oc1cc(F)cc(F)c1. The average Bonchev–Trinajstić information content (AvgIpc) is 2.26. The van der Waals surface area contributed by atoms with E-state index in [1.165, 1.54) is 18.2 Å². The predicted octanol–water partition coefficient (Wildman–Crippen LogP) is 3.69. The van der Waals surface area contributed by atoms with Gasteiger partial charge in [-0.2, -0.15) is 0 Å². The van der Waals surface area contributed by atoms with Crippen molar-refractivity contribution in [1.82, 2.24) is 0 Å². The van der Waals surface area contributed by atoms with Crippen LogP contribution in [-0.2, 0) is 0 Å². The molecule has 0 saturated carbocycles. The lowest BCUT2D eigenvalue weighted by molar-refractivity contribution is 0.467. The van der Waals surface area contributed by atoms with Crippen LogP contribution in [0.3, 0.4) is 0 Å². The lowest BCUT2D eigenvalue weighted by Gasteiger charge is -2.11. The van der Waals surface area contributed by atoms with Crippen molar-refractivity contribution in [2.24, 2.45) is 5.73 Å². The molecule has 0 saturated heterocycles. The molecule has 0 fully saturated rings. The number of rotatable bonds is 3. The highest BCUT2D eigenvalue weighted by molar-refractivity contribution is 6.30. The molecule has 0 aliphatic rings. The fourth-order valence-electron chi connectivity index (χ4n) is 1.52. The number of amidine groups is 1. The van der Waals surface area contributed by atoms with E-state index in [0.29, 0.717) is 5.02 Å². The van der Waals surface area contributed by atoms with Crippen molar-refractivity contribution in [3.8, 4) is 11.5 Å². The zero-order chi connectivity index (χ0) is 14.0. The highest BCUT2D eigenvalue weighted by Crippen LogP contribution is 2.29. The maximum absolute atomic E-state index is 13.1. The first kappa shape index (κ1) is 13.3. The number of ether oxygens (including phenoxy) is 1. The third-order valence-corrected chi connectivity index (χ3v) is 2.53. The van der Waals surface area contributed by atoms with E-state index >= 15 is 0 Å². The molecule has 0 amide bonds. The Morgan fingerprint density at radius 1 is 1.11 bits per heavy atom. The van der Waals surface area contributed by atoms with E-state index in [9.17, 15) is 8.78 Å². The molecule has 2 rings (SSSR count). The molecular weight excluding hydrogens is 274 g/mol. The Labute approximate surface area is 113 Å². The van der Waals surface area contributed by atoms with Gasteiger partial charge in [-0.15, -0.1) is 0 Å². The summed E-state index contributed by atoms with van der Waals surface area (Å²) < 4.78 is 31.4. The minimum absolute atomic E-state index is 0.0396. The summed E-state index contributed by atoms with van der Waals surface area (Å²) in [6.45, 7) is 0. The lowest BCUT2D eigenvalue weighted by atomic mass is 10.2. The molecule has 3 nitrogen and oxygen atoms in total. The summed E-state index contributed by atoms with van der Waals surface area (Å²) in [5, 5.41) is 7.76. The summed E-state index contributed by atoms with van der Waals surface area (Å²) >= 11 is 5.81. The number of nitrogens with one attached hydrogen (secondary N) is 1. The van der Waals surface area contributed by atoms with Crippen LogP contribution in [0.4, 0.5) is 8.78 Å². The van der Waals surface area contributed by atoms with Gasteiger partial charge in [-0.05, 0) is 12.1 Å². The molecule has 0 unspecified atom stereocenters. The quantitative estimate of drug-likeness (QED) is 0.666. The Morgan fingerprint density at radius 3 is 2.32 bits per heavy atom. The van der Waals surface area contributed by atoms with Crippen molar-refractivity contribution in [3.63, 3.8) is 0 Å². The zero-order valence-corrected chi connectivity index (χ0v) is 10.3. The van der Waals surface area contributed by atoms with E-state index in [2.05, 4.69) is 0 Å². The Kier molecular flexibility index (Phi) is 3.66. The van der Waals surface area contributed by atoms with Gasteiger partial charge in [0.1, 0.15) is 29.0 Å². The Bertz CT molecular complexity index is 626. The van der Waals surface area contributed by atoms with Gasteiger partial charge in [-0.3, -0.25) is 5.41 Å². The van der Waals surface area contributed by atoms with Gasteiger partial charge < -0.3 is 10.5 Å². The summed E-state index contributed by atoms with van der Waals surface area (Å²) in [5.74, 6) is -1.64. The monoisotopic (exact) mass is 282 g/mol. The van der Waals surface area contributed by atoms with Gasteiger partial charge in [0.15, 0.2) is 0 Å². The molecular formula is C13H9ClF2N2O. The molecule has 2 aromatic carbocycles. The normalized spacial score (nSPS) is 10.3. The molecule has 0 aliphatic carbocycles. The summed E-state index contributed by atoms with van der Waals surface area (Å²) in [6.07, 6.45) is 0. The molecule has 0 aliphatic heterocycles. The van der Waals surface area contributed by atoms with Gasteiger partial charge in [0, 0.05) is 29.3 Å². The first-order valence-corrected chi connectivity index (χ1v) is 5.61. The maximum atomic E-state index is 13.1. The number of nitrogen functional groups attached to an aromatic ring is 1. The largest absolute Gasteiger partial charge is 0.456 e. The molecule has 0 bridgehead atoms. The van der Waals surface area contributed by atoms with E-state index in [1.54, 1.807) is 0 Å². The summed E-state index contributed by atoms with van der Waals surface area (Å²) in [7, 11) is 0. The zero-order valence-electron chi connectivity index (χ0n) is 9.58. The second-order valence-electron chi connectivity index (χ2n) is 3.76. The minimum atomic E-state index is -0.763. The van der Waals surface area contributed by atoms with Gasteiger partial charge in [0.05, 0.1) is 5.56 Å². The van der Waals surface area contributed by atoms with Crippen LogP contribution in [-0.4, -0.2) is 5.84 Å². The molecule has 3 N–H and O–H groups in total. The molecule has 0 heterocycles. The van der Waals surface area contributed by atoms with Gasteiger partial charge in [0.2, 0.25) is 0 Å². The van der Waals surface area contributed by atoms with E-state index in [-0.39, 0.29) is 22.9 Å². The van der Waals surface area contributed by atoms with Crippen molar-refractivity contribution in [3.05, 3.63) is 58.6 Å². The lowest BCUT2D eigenvalue weighted by Crippen LogP contribution is -2.12. The van der Waals surface area contributed by atoms with Crippen LogP contribution < -0.4 is 10.5 Å². The summed E-state index contributed by atoms with van der Waals surface area (Å²) in [4.78, 5) is 0. The third kappa shape index (κ3) is 3.20. The van der Waals surface area contributed by atoms with Crippen LogP contribution >= 0.6 is 11.6 Å². The van der Waals surface area contributed by atoms with Crippen molar-refractivity contribution >= 4 is 17.4 Å². The second kappa shape index (κ2) is 5.24. The van der Waals surface area contributed by atoms with Gasteiger partial charge >= 0.3 is 0 Å². The molecule has 19 heavy (non-hydrogen) atoms. The topological polar surface area (TPSA) is 59.1 Å². The fraction of sp³-hybridized carbons (Fsp3) is 0. The Balaban J connectivity index is 2.42. The van der Waals surface area contributed by atoms with Gasteiger partial charge in [-0.1, -0.05) is 11.6 Å². The summed E-state index contributed by atoms with van der Waals surface area (Å²) in [5.41, 5.74) is 5.68. The maximum Gasteiger partial charge on any atom is 0.139 e. The van der Waals surface area contributed by atoms with E-state index < -0.39 is 11.6 Å². The number of hydrogen-bond acceptors (Lipinski definition) is 2. The van der Waals surface area contributed by atoms with Crippen LogP contribution in [0, 0.1) is 17.0 Å². The van der Waals surface area contributed by atoms with Crippen molar-refractivity contribution in [2.45, 2.75) is 0 Å². The molecule has 98 valence electrons. The molecule has 0 aromatic heterocycles. The second-order valence-corrected chi connectivity index (χ2v) is 4.20. The summed E-state index contributed by atoms with van der Waals surface area (Å²) in [6, 6.07) is 7.23. The van der Waals surface area contributed by atoms with Gasteiger partial charge in [0.25, 0.3) is 0 Å². The molecule has 0 radical (unpaired) electrons.